The van der Waals surface area contributed by atoms with E-state index in [-0.39, 0.29) is 0 Å². The molecule has 0 aliphatic carbocycles. The maximum atomic E-state index is 5.29. The Kier molecular flexibility index (Phi) is 3.99. The van der Waals surface area contributed by atoms with E-state index in [1.807, 2.05) is 43.4 Å². The first-order chi connectivity index (χ1) is 8.65. The summed E-state index contributed by atoms with van der Waals surface area (Å²) in [5.74, 6) is 0.864. The molecule has 18 heavy (non-hydrogen) atoms. The molecule has 0 bridgehead atoms. The molecular weight excluding hydrogens is 248 g/mol. The highest BCUT2D eigenvalue weighted by Crippen LogP contribution is 2.02. The summed E-state index contributed by atoms with van der Waals surface area (Å²) in [4.78, 5) is 1.95. The number of aryl methyl sites for hydroxylation is 1. The molecule has 0 spiro atoms. The first-order valence-corrected chi connectivity index (χ1v) is 6.06. The average molecular weight is 264 g/mol. The maximum absolute atomic E-state index is 5.29. The van der Waals surface area contributed by atoms with Gasteiger partial charge >= 0.3 is 0 Å². The van der Waals surface area contributed by atoms with E-state index in [0.29, 0.717) is 18.2 Å². The van der Waals surface area contributed by atoms with Crippen molar-refractivity contribution in [3.8, 4) is 0 Å². The minimum absolute atomic E-state index is 0.596. The Bertz CT molecular complexity index is 506. The van der Waals surface area contributed by atoms with Crippen LogP contribution in [0, 0.1) is 0 Å². The van der Waals surface area contributed by atoms with E-state index in [0.717, 1.165) is 11.5 Å². The van der Waals surface area contributed by atoms with Crippen LogP contribution in [0.2, 0.25) is 0 Å². The zero-order valence-corrected chi connectivity index (χ0v) is 11.3. The van der Waals surface area contributed by atoms with E-state index in [9.17, 15) is 0 Å². The van der Waals surface area contributed by atoms with Gasteiger partial charge in [-0.05, 0) is 30.4 Å². The standard InChI is InChI=1S/C12H16N4OS/c1-15(9-10-5-6-16(2)14-10)12(18)13-8-11-4-3-7-17-11/h3-7H,8-9H2,1-2H3,(H,13,18). The minimum Gasteiger partial charge on any atom is -0.467 e. The second-order valence-corrected chi connectivity index (χ2v) is 4.46. The first kappa shape index (κ1) is 12.6. The number of nitrogens with one attached hydrogen (secondary N) is 1. The molecule has 2 heterocycles. The lowest BCUT2D eigenvalue weighted by molar-refractivity contribution is 0.462. The van der Waals surface area contributed by atoms with Crippen LogP contribution in [0.4, 0.5) is 0 Å². The van der Waals surface area contributed by atoms with Gasteiger partial charge in [-0.1, -0.05) is 0 Å². The van der Waals surface area contributed by atoms with Crippen molar-refractivity contribution >= 4 is 17.3 Å². The first-order valence-electron chi connectivity index (χ1n) is 5.65. The summed E-state index contributed by atoms with van der Waals surface area (Å²) in [7, 11) is 3.84. The summed E-state index contributed by atoms with van der Waals surface area (Å²) in [5.41, 5.74) is 0.988. The molecule has 0 saturated heterocycles. The van der Waals surface area contributed by atoms with Gasteiger partial charge in [0.15, 0.2) is 5.11 Å². The summed E-state index contributed by atoms with van der Waals surface area (Å²) in [6, 6.07) is 5.75. The molecule has 0 unspecified atom stereocenters. The smallest absolute Gasteiger partial charge is 0.169 e. The molecule has 0 aliphatic rings. The van der Waals surface area contributed by atoms with Crippen LogP contribution in [0.1, 0.15) is 11.5 Å². The fraction of sp³-hybridized carbons (Fsp3) is 0.333. The summed E-state index contributed by atoms with van der Waals surface area (Å²) < 4.78 is 7.01. The fourth-order valence-electron chi connectivity index (χ4n) is 1.57. The Morgan fingerprint density at radius 1 is 1.56 bits per heavy atom. The van der Waals surface area contributed by atoms with Gasteiger partial charge in [0.2, 0.25) is 0 Å². The lowest BCUT2D eigenvalue weighted by Crippen LogP contribution is -2.36. The van der Waals surface area contributed by atoms with Crippen LogP contribution in [0.15, 0.2) is 35.1 Å². The number of nitrogens with zero attached hydrogens (tertiary/aromatic N) is 3. The van der Waals surface area contributed by atoms with Crippen LogP contribution >= 0.6 is 12.2 Å². The van der Waals surface area contributed by atoms with Gasteiger partial charge in [-0.3, -0.25) is 4.68 Å². The van der Waals surface area contributed by atoms with E-state index in [1.165, 1.54) is 0 Å². The van der Waals surface area contributed by atoms with E-state index >= 15 is 0 Å². The SMILES string of the molecule is CN(Cc1ccn(C)n1)C(=S)NCc1ccco1. The van der Waals surface area contributed by atoms with E-state index in [2.05, 4.69) is 10.4 Å². The van der Waals surface area contributed by atoms with Crippen molar-refractivity contribution in [2.75, 3.05) is 7.05 Å². The molecule has 2 aromatic rings. The van der Waals surface area contributed by atoms with Gasteiger partial charge in [0.05, 0.1) is 25.0 Å². The Hall–Kier alpha value is -1.82. The van der Waals surface area contributed by atoms with Crippen molar-refractivity contribution in [2.45, 2.75) is 13.1 Å². The number of furan rings is 1. The normalized spacial score (nSPS) is 10.3. The predicted octanol–water partition coefficient (Wildman–Crippen LogP) is 1.52. The third-order valence-electron chi connectivity index (χ3n) is 2.51. The van der Waals surface area contributed by atoms with Gasteiger partial charge in [0.25, 0.3) is 0 Å². The van der Waals surface area contributed by atoms with Crippen molar-refractivity contribution in [1.82, 2.24) is 20.0 Å². The number of aromatic nitrogens is 2. The summed E-state index contributed by atoms with van der Waals surface area (Å²) in [6.07, 6.45) is 3.57. The van der Waals surface area contributed by atoms with Crippen LogP contribution in [0.25, 0.3) is 0 Å². The number of hydrogen-bond donors (Lipinski definition) is 1. The average Bonchev–Trinajstić information content (AvgIpc) is 2.97. The molecule has 0 aromatic carbocycles. The van der Waals surface area contributed by atoms with E-state index in [1.54, 1.807) is 10.9 Å². The predicted molar refractivity (Wildman–Crippen MR) is 72.8 cm³/mol. The van der Waals surface area contributed by atoms with Gasteiger partial charge in [0.1, 0.15) is 5.76 Å². The quantitative estimate of drug-likeness (QED) is 0.848. The Balaban J connectivity index is 1.81. The molecule has 1 N–H and O–H groups in total. The third-order valence-corrected chi connectivity index (χ3v) is 2.96. The van der Waals surface area contributed by atoms with Gasteiger partial charge < -0.3 is 14.6 Å². The molecule has 0 saturated carbocycles. The molecule has 0 fully saturated rings. The Morgan fingerprint density at radius 3 is 3.00 bits per heavy atom. The van der Waals surface area contributed by atoms with Gasteiger partial charge in [0, 0.05) is 20.3 Å². The van der Waals surface area contributed by atoms with Crippen LogP contribution < -0.4 is 5.32 Å². The number of hydrogen-bond acceptors (Lipinski definition) is 3. The third kappa shape index (κ3) is 3.33. The molecule has 2 rings (SSSR count). The van der Waals surface area contributed by atoms with Crippen molar-refractivity contribution in [3.05, 3.63) is 42.1 Å². The maximum Gasteiger partial charge on any atom is 0.169 e. The molecule has 0 aliphatic heterocycles. The van der Waals surface area contributed by atoms with Crippen LogP contribution in [0.5, 0.6) is 0 Å². The highest BCUT2D eigenvalue weighted by molar-refractivity contribution is 7.80. The molecule has 0 amide bonds. The lowest BCUT2D eigenvalue weighted by Gasteiger charge is -2.19. The molecular formula is C12H16N4OS. The van der Waals surface area contributed by atoms with Crippen molar-refractivity contribution in [3.63, 3.8) is 0 Å². The van der Waals surface area contributed by atoms with Gasteiger partial charge in [-0.25, -0.2) is 0 Å². The second kappa shape index (κ2) is 5.68. The largest absolute Gasteiger partial charge is 0.467 e. The monoisotopic (exact) mass is 264 g/mol. The minimum atomic E-state index is 0.596. The molecule has 2 aromatic heterocycles. The molecule has 0 atom stereocenters. The molecule has 5 nitrogen and oxygen atoms in total. The number of rotatable bonds is 4. The van der Waals surface area contributed by atoms with Crippen molar-refractivity contribution in [2.24, 2.45) is 7.05 Å². The summed E-state index contributed by atoms with van der Waals surface area (Å²) in [6.45, 7) is 1.28. The second-order valence-electron chi connectivity index (χ2n) is 4.07. The Morgan fingerprint density at radius 2 is 2.39 bits per heavy atom. The number of thiocarbonyl (C=S) groups is 1. The highest BCUT2D eigenvalue weighted by Gasteiger charge is 2.07. The summed E-state index contributed by atoms with van der Waals surface area (Å²) >= 11 is 5.29. The van der Waals surface area contributed by atoms with Crippen LogP contribution in [-0.2, 0) is 20.1 Å². The zero-order chi connectivity index (χ0) is 13.0. The zero-order valence-electron chi connectivity index (χ0n) is 10.5. The fourth-order valence-corrected chi connectivity index (χ4v) is 1.71. The summed E-state index contributed by atoms with van der Waals surface area (Å²) in [5, 5.41) is 8.13. The van der Waals surface area contributed by atoms with Crippen molar-refractivity contribution in [1.29, 1.82) is 0 Å². The lowest BCUT2D eigenvalue weighted by atomic mass is 10.4. The highest BCUT2D eigenvalue weighted by atomic mass is 32.1. The van der Waals surface area contributed by atoms with Crippen LogP contribution in [0.3, 0.4) is 0 Å². The van der Waals surface area contributed by atoms with E-state index < -0.39 is 0 Å². The molecule has 96 valence electrons. The molecule has 0 radical (unpaired) electrons. The molecule has 6 heteroatoms. The van der Waals surface area contributed by atoms with E-state index in [4.69, 9.17) is 16.6 Å². The van der Waals surface area contributed by atoms with Gasteiger partial charge in [-0.15, -0.1) is 0 Å². The topological polar surface area (TPSA) is 46.2 Å². The van der Waals surface area contributed by atoms with Gasteiger partial charge in [-0.2, -0.15) is 5.10 Å². The van der Waals surface area contributed by atoms with Crippen molar-refractivity contribution < 1.29 is 4.42 Å². The van der Waals surface area contributed by atoms with Crippen LogP contribution in [-0.4, -0.2) is 26.8 Å². The Labute approximate surface area is 111 Å².